The lowest BCUT2D eigenvalue weighted by Gasteiger charge is -2.16. The van der Waals surface area contributed by atoms with Gasteiger partial charge in [0.2, 0.25) is 11.2 Å². The normalized spacial score (nSPS) is 13.2. The van der Waals surface area contributed by atoms with Gasteiger partial charge < -0.3 is 4.74 Å². The summed E-state index contributed by atoms with van der Waals surface area (Å²) in [5, 5.41) is 1.23. The minimum Gasteiger partial charge on any atom is -0.474 e. The average Bonchev–Trinajstić information content (AvgIpc) is 2.70. The van der Waals surface area contributed by atoms with Crippen molar-refractivity contribution in [1.82, 2.24) is 9.97 Å². The van der Waals surface area contributed by atoms with Gasteiger partial charge in [-0.05, 0) is 43.4 Å². The highest BCUT2D eigenvalue weighted by Gasteiger charge is 2.15. The van der Waals surface area contributed by atoms with Crippen LogP contribution in [-0.2, 0) is 6.42 Å². The summed E-state index contributed by atoms with van der Waals surface area (Å²) < 4.78 is 5.95. The molecule has 0 spiro atoms. The Balaban J connectivity index is 2.33. The molecule has 5 heteroatoms. The summed E-state index contributed by atoms with van der Waals surface area (Å²) in [6.45, 7) is 8.56. The molecule has 0 radical (unpaired) electrons. The number of rotatable bonds is 5. The molecule has 1 atom stereocenters. The van der Waals surface area contributed by atoms with Gasteiger partial charge in [-0.15, -0.1) is 11.3 Å². The Hall–Kier alpha value is -0.870. The largest absolute Gasteiger partial charge is 0.474 e. The first-order valence-electron chi connectivity index (χ1n) is 6.62. The molecular formula is C14H19ClN2OS. The fraction of sp³-hybridized carbons (Fsp3) is 0.571. The van der Waals surface area contributed by atoms with Crippen LogP contribution in [0.2, 0.25) is 5.28 Å². The van der Waals surface area contributed by atoms with E-state index >= 15 is 0 Å². The summed E-state index contributed by atoms with van der Waals surface area (Å²) in [7, 11) is 0. The smallest absolute Gasteiger partial charge is 0.227 e. The molecule has 0 fully saturated rings. The van der Waals surface area contributed by atoms with Gasteiger partial charge in [-0.1, -0.05) is 20.8 Å². The maximum absolute atomic E-state index is 5.97. The fourth-order valence-electron chi connectivity index (χ4n) is 2.09. The SMILES string of the molecule is CCc1cc2c(OC(C)CC(C)C)nc(Cl)nc2s1. The van der Waals surface area contributed by atoms with Gasteiger partial charge in [0, 0.05) is 4.88 Å². The molecule has 0 bridgehead atoms. The molecule has 0 aliphatic rings. The number of ether oxygens (including phenoxy) is 1. The van der Waals surface area contributed by atoms with Crippen LogP contribution in [0.4, 0.5) is 0 Å². The highest BCUT2D eigenvalue weighted by atomic mass is 35.5. The van der Waals surface area contributed by atoms with Crippen molar-refractivity contribution in [2.45, 2.75) is 46.6 Å². The Morgan fingerprint density at radius 3 is 2.68 bits per heavy atom. The molecule has 0 saturated carbocycles. The van der Waals surface area contributed by atoms with Crippen molar-refractivity contribution in [3.63, 3.8) is 0 Å². The van der Waals surface area contributed by atoms with Crippen molar-refractivity contribution in [1.29, 1.82) is 0 Å². The van der Waals surface area contributed by atoms with Crippen molar-refractivity contribution in [3.8, 4) is 5.88 Å². The number of nitrogens with zero attached hydrogens (tertiary/aromatic N) is 2. The molecule has 0 aromatic carbocycles. The summed E-state index contributed by atoms with van der Waals surface area (Å²) in [6, 6.07) is 2.10. The van der Waals surface area contributed by atoms with Gasteiger partial charge >= 0.3 is 0 Å². The molecule has 19 heavy (non-hydrogen) atoms. The minimum absolute atomic E-state index is 0.124. The molecule has 104 valence electrons. The Bertz CT molecular complexity index is 568. The van der Waals surface area contributed by atoms with Crippen LogP contribution < -0.4 is 4.74 Å². The zero-order chi connectivity index (χ0) is 14.0. The van der Waals surface area contributed by atoms with Crippen LogP contribution in [0.25, 0.3) is 10.2 Å². The standard InChI is InChI=1S/C14H19ClN2OS/c1-5-10-7-11-12(18-9(4)6-8(2)3)16-14(15)17-13(11)19-10/h7-9H,5-6H2,1-4H3. The molecule has 2 rings (SSSR count). The lowest BCUT2D eigenvalue weighted by molar-refractivity contribution is 0.188. The van der Waals surface area contributed by atoms with Gasteiger partial charge in [-0.2, -0.15) is 4.98 Å². The van der Waals surface area contributed by atoms with Crippen LogP contribution in [0.5, 0.6) is 5.88 Å². The van der Waals surface area contributed by atoms with E-state index in [0.717, 1.165) is 23.1 Å². The number of fused-ring (bicyclic) bond motifs is 1. The van der Waals surface area contributed by atoms with E-state index in [0.29, 0.717) is 11.8 Å². The average molecular weight is 299 g/mol. The summed E-state index contributed by atoms with van der Waals surface area (Å²) in [6.07, 6.45) is 2.10. The first-order chi connectivity index (χ1) is 8.99. The Morgan fingerprint density at radius 2 is 2.05 bits per heavy atom. The molecular weight excluding hydrogens is 280 g/mol. The van der Waals surface area contributed by atoms with Crippen molar-refractivity contribution in [3.05, 3.63) is 16.2 Å². The van der Waals surface area contributed by atoms with E-state index in [1.165, 1.54) is 4.88 Å². The van der Waals surface area contributed by atoms with Crippen LogP contribution >= 0.6 is 22.9 Å². The van der Waals surface area contributed by atoms with Crippen LogP contribution in [0.15, 0.2) is 6.07 Å². The first kappa shape index (κ1) is 14.5. The molecule has 0 N–H and O–H groups in total. The maximum atomic E-state index is 5.97. The third-order valence-corrected chi connectivity index (χ3v) is 4.19. The van der Waals surface area contributed by atoms with E-state index < -0.39 is 0 Å². The van der Waals surface area contributed by atoms with Crippen LogP contribution in [-0.4, -0.2) is 16.1 Å². The highest BCUT2D eigenvalue weighted by Crippen LogP contribution is 2.32. The summed E-state index contributed by atoms with van der Waals surface area (Å²) in [5.74, 6) is 1.20. The first-order valence-corrected chi connectivity index (χ1v) is 7.81. The van der Waals surface area contributed by atoms with Gasteiger partial charge in [-0.3, -0.25) is 0 Å². The monoisotopic (exact) mass is 298 g/mol. The summed E-state index contributed by atoms with van der Waals surface area (Å²) in [4.78, 5) is 10.7. The van der Waals surface area contributed by atoms with Gasteiger partial charge in [0.1, 0.15) is 4.83 Å². The minimum atomic E-state index is 0.124. The molecule has 2 aromatic rings. The third kappa shape index (κ3) is 3.57. The maximum Gasteiger partial charge on any atom is 0.227 e. The molecule has 1 unspecified atom stereocenters. The molecule has 0 aliphatic carbocycles. The topological polar surface area (TPSA) is 35.0 Å². The summed E-state index contributed by atoms with van der Waals surface area (Å²) in [5.41, 5.74) is 0. The number of thiophene rings is 1. The van der Waals surface area contributed by atoms with E-state index in [-0.39, 0.29) is 11.4 Å². The quantitative estimate of drug-likeness (QED) is 0.749. The predicted octanol–water partition coefficient (Wildman–Crippen LogP) is 4.72. The van der Waals surface area contributed by atoms with Crippen LogP contribution in [0.3, 0.4) is 0 Å². The Labute approximate surface area is 123 Å². The van der Waals surface area contributed by atoms with E-state index in [4.69, 9.17) is 16.3 Å². The fourth-order valence-corrected chi connectivity index (χ4v) is 3.26. The third-order valence-electron chi connectivity index (χ3n) is 2.85. The van der Waals surface area contributed by atoms with Gasteiger partial charge in [0.05, 0.1) is 11.5 Å². The van der Waals surface area contributed by atoms with Crippen molar-refractivity contribution in [2.24, 2.45) is 5.92 Å². The van der Waals surface area contributed by atoms with Gasteiger partial charge in [0.25, 0.3) is 0 Å². The van der Waals surface area contributed by atoms with E-state index in [9.17, 15) is 0 Å². The number of aryl methyl sites for hydroxylation is 1. The van der Waals surface area contributed by atoms with E-state index in [1.54, 1.807) is 11.3 Å². The molecule has 2 aromatic heterocycles. The van der Waals surface area contributed by atoms with Crippen molar-refractivity contribution in [2.75, 3.05) is 0 Å². The lowest BCUT2D eigenvalue weighted by Crippen LogP contribution is -2.15. The van der Waals surface area contributed by atoms with Crippen molar-refractivity contribution < 1.29 is 4.74 Å². The number of hydrogen-bond donors (Lipinski definition) is 0. The zero-order valence-corrected chi connectivity index (χ0v) is 13.3. The van der Waals surface area contributed by atoms with Crippen LogP contribution in [0, 0.1) is 5.92 Å². The molecule has 2 heterocycles. The number of halogens is 1. The second kappa shape index (κ2) is 6.06. The predicted molar refractivity (Wildman–Crippen MR) is 81.3 cm³/mol. The van der Waals surface area contributed by atoms with Crippen LogP contribution in [0.1, 0.15) is 39.0 Å². The lowest BCUT2D eigenvalue weighted by atomic mass is 10.1. The van der Waals surface area contributed by atoms with E-state index in [1.807, 2.05) is 0 Å². The highest BCUT2D eigenvalue weighted by molar-refractivity contribution is 7.18. The zero-order valence-electron chi connectivity index (χ0n) is 11.7. The molecule has 0 saturated heterocycles. The Morgan fingerprint density at radius 1 is 1.32 bits per heavy atom. The molecule has 0 aliphatic heterocycles. The van der Waals surface area contributed by atoms with Crippen molar-refractivity contribution >= 4 is 33.2 Å². The summed E-state index contributed by atoms with van der Waals surface area (Å²) >= 11 is 7.62. The molecule has 3 nitrogen and oxygen atoms in total. The number of aromatic nitrogens is 2. The van der Waals surface area contributed by atoms with Gasteiger partial charge in [0.15, 0.2) is 0 Å². The molecule has 0 amide bonds. The second-order valence-corrected chi connectivity index (χ2v) is 6.59. The number of hydrogen-bond acceptors (Lipinski definition) is 4. The van der Waals surface area contributed by atoms with E-state index in [2.05, 4.69) is 43.7 Å². The second-order valence-electron chi connectivity index (χ2n) is 5.14. The van der Waals surface area contributed by atoms with Gasteiger partial charge in [-0.25, -0.2) is 4.98 Å². The Kier molecular flexibility index (Phi) is 4.63.